The molecule has 7 nitrogen and oxygen atoms in total. The smallest absolute Gasteiger partial charge is 0.324 e. The van der Waals surface area contributed by atoms with Crippen molar-refractivity contribution in [2.45, 2.75) is 55.4 Å². The maximum atomic E-state index is 12.2. The van der Waals surface area contributed by atoms with Crippen LogP contribution < -0.4 is 5.32 Å². The van der Waals surface area contributed by atoms with E-state index in [2.05, 4.69) is 15.5 Å². The monoisotopic (exact) mass is 324 g/mol. The van der Waals surface area contributed by atoms with E-state index in [4.69, 9.17) is 4.42 Å². The maximum absolute atomic E-state index is 12.2. The molecule has 0 aromatic carbocycles. The molecule has 1 aromatic heterocycles. The van der Waals surface area contributed by atoms with Gasteiger partial charge in [0.1, 0.15) is 0 Å². The van der Waals surface area contributed by atoms with Crippen LogP contribution in [0.15, 0.2) is 9.64 Å². The highest BCUT2D eigenvalue weighted by atomic mass is 32.2. The van der Waals surface area contributed by atoms with Gasteiger partial charge in [-0.05, 0) is 19.8 Å². The van der Waals surface area contributed by atoms with Crippen LogP contribution in [-0.4, -0.2) is 45.4 Å². The zero-order valence-electron chi connectivity index (χ0n) is 12.6. The first kappa shape index (κ1) is 15.3. The zero-order chi connectivity index (χ0) is 15.5. The minimum absolute atomic E-state index is 0.225. The number of nitrogens with zero attached hydrogens (tertiary/aromatic N) is 3. The van der Waals surface area contributed by atoms with Gasteiger partial charge in [-0.2, -0.15) is 0 Å². The summed E-state index contributed by atoms with van der Waals surface area (Å²) in [6, 6.07) is -0.328. The second-order valence-corrected chi connectivity index (χ2v) is 7.02. The number of imide groups is 1. The van der Waals surface area contributed by atoms with E-state index in [1.165, 1.54) is 35.9 Å². The van der Waals surface area contributed by atoms with Gasteiger partial charge >= 0.3 is 6.03 Å². The van der Waals surface area contributed by atoms with Crippen LogP contribution in [-0.2, 0) is 4.79 Å². The average molecular weight is 324 g/mol. The molecule has 0 radical (unpaired) electrons. The molecule has 1 aromatic rings. The Balaban J connectivity index is 1.59. The summed E-state index contributed by atoms with van der Waals surface area (Å²) in [6.07, 6.45) is 5.86. The zero-order valence-corrected chi connectivity index (χ0v) is 13.4. The lowest BCUT2D eigenvalue weighted by molar-refractivity contribution is -0.126. The molecule has 2 heterocycles. The number of thioether (sulfide) groups is 1. The van der Waals surface area contributed by atoms with Gasteiger partial charge in [0.25, 0.3) is 5.22 Å². The van der Waals surface area contributed by atoms with Crippen LogP contribution in [0.4, 0.5) is 4.79 Å². The molecule has 1 aliphatic carbocycles. The average Bonchev–Trinajstić information content (AvgIpc) is 3.16. The molecule has 1 saturated heterocycles. The van der Waals surface area contributed by atoms with E-state index in [9.17, 15) is 9.59 Å². The van der Waals surface area contributed by atoms with Crippen molar-refractivity contribution in [3.63, 3.8) is 0 Å². The topological polar surface area (TPSA) is 88.3 Å². The van der Waals surface area contributed by atoms with E-state index < -0.39 is 5.25 Å². The van der Waals surface area contributed by atoms with Crippen molar-refractivity contribution >= 4 is 23.7 Å². The Hall–Kier alpha value is -1.57. The van der Waals surface area contributed by atoms with Gasteiger partial charge in [0.2, 0.25) is 11.8 Å². The second kappa shape index (κ2) is 6.68. The van der Waals surface area contributed by atoms with E-state index in [0.29, 0.717) is 30.1 Å². The number of hydrogen-bond donors (Lipinski definition) is 1. The number of urea groups is 1. The highest BCUT2D eigenvalue weighted by Gasteiger charge is 2.31. The van der Waals surface area contributed by atoms with Crippen molar-refractivity contribution in [1.82, 2.24) is 20.4 Å². The summed E-state index contributed by atoms with van der Waals surface area (Å²) in [5.74, 6) is 0.809. The molecule has 2 fully saturated rings. The van der Waals surface area contributed by atoms with Crippen molar-refractivity contribution in [1.29, 1.82) is 0 Å². The van der Waals surface area contributed by atoms with Gasteiger partial charge in [-0.25, -0.2) is 4.79 Å². The fourth-order valence-electron chi connectivity index (χ4n) is 2.89. The molecule has 0 bridgehead atoms. The summed E-state index contributed by atoms with van der Waals surface area (Å²) in [5.41, 5.74) is 0. The summed E-state index contributed by atoms with van der Waals surface area (Å²) in [4.78, 5) is 25.0. The number of aromatic nitrogens is 2. The lowest BCUT2D eigenvalue weighted by Crippen LogP contribution is -2.38. The largest absolute Gasteiger partial charge is 0.416 e. The lowest BCUT2D eigenvalue weighted by Gasteiger charge is -2.17. The Kier molecular flexibility index (Phi) is 4.66. The molecule has 1 saturated carbocycles. The molecule has 1 atom stereocenters. The third-order valence-corrected chi connectivity index (χ3v) is 5.05. The molecular weight excluding hydrogens is 304 g/mol. The molecule has 120 valence electrons. The van der Waals surface area contributed by atoms with Gasteiger partial charge < -0.3 is 9.73 Å². The molecular formula is C14H20N4O3S. The normalized spacial score (nSPS) is 21.0. The predicted molar refractivity (Wildman–Crippen MR) is 80.6 cm³/mol. The van der Waals surface area contributed by atoms with Crippen LogP contribution in [0.3, 0.4) is 0 Å². The van der Waals surface area contributed by atoms with E-state index in [1.54, 1.807) is 6.92 Å². The number of amides is 3. The van der Waals surface area contributed by atoms with Crippen molar-refractivity contribution in [2.75, 3.05) is 13.1 Å². The van der Waals surface area contributed by atoms with Crippen LogP contribution in [0.2, 0.25) is 0 Å². The summed E-state index contributed by atoms with van der Waals surface area (Å²) >= 11 is 1.21. The summed E-state index contributed by atoms with van der Waals surface area (Å²) < 4.78 is 5.70. The highest BCUT2D eigenvalue weighted by molar-refractivity contribution is 8.00. The number of rotatable bonds is 4. The van der Waals surface area contributed by atoms with Crippen LogP contribution >= 0.6 is 11.8 Å². The fraction of sp³-hybridized carbons (Fsp3) is 0.714. The Bertz CT molecular complexity index is 556. The minimum Gasteiger partial charge on any atom is -0.416 e. The Labute approximate surface area is 133 Å². The lowest BCUT2D eigenvalue weighted by atomic mass is 9.89. The van der Waals surface area contributed by atoms with E-state index in [0.717, 1.165) is 12.8 Å². The number of hydrogen-bond acceptors (Lipinski definition) is 6. The SMILES string of the molecule is CC(Sc1nnc(C2CCCCC2)o1)C(=O)N1CCNC1=O. The van der Waals surface area contributed by atoms with Crippen molar-refractivity contribution in [3.8, 4) is 0 Å². The van der Waals surface area contributed by atoms with Crippen molar-refractivity contribution in [3.05, 3.63) is 5.89 Å². The number of carbonyl (C=O) groups excluding carboxylic acids is 2. The highest BCUT2D eigenvalue weighted by Crippen LogP contribution is 2.33. The Morgan fingerprint density at radius 3 is 2.82 bits per heavy atom. The van der Waals surface area contributed by atoms with Gasteiger partial charge in [-0.15, -0.1) is 10.2 Å². The number of carbonyl (C=O) groups is 2. The molecule has 2 aliphatic rings. The van der Waals surface area contributed by atoms with Crippen molar-refractivity contribution < 1.29 is 14.0 Å². The molecule has 3 rings (SSSR count). The molecule has 3 amide bonds. The quantitative estimate of drug-likeness (QED) is 0.854. The number of nitrogens with one attached hydrogen (secondary N) is 1. The van der Waals surface area contributed by atoms with Crippen molar-refractivity contribution in [2.24, 2.45) is 0 Å². The van der Waals surface area contributed by atoms with Gasteiger partial charge in [0.05, 0.1) is 5.25 Å². The maximum Gasteiger partial charge on any atom is 0.324 e. The first-order chi connectivity index (χ1) is 10.6. The van der Waals surface area contributed by atoms with E-state index in [-0.39, 0.29) is 11.9 Å². The fourth-order valence-corrected chi connectivity index (χ4v) is 3.64. The molecule has 22 heavy (non-hydrogen) atoms. The first-order valence-corrected chi connectivity index (χ1v) is 8.62. The molecule has 1 N–H and O–H groups in total. The minimum atomic E-state index is -0.427. The van der Waals surface area contributed by atoms with Crippen LogP contribution in [0.1, 0.15) is 50.8 Å². The Morgan fingerprint density at radius 2 is 2.14 bits per heavy atom. The van der Waals surface area contributed by atoms with Gasteiger partial charge in [0, 0.05) is 19.0 Å². The molecule has 1 unspecified atom stereocenters. The first-order valence-electron chi connectivity index (χ1n) is 7.74. The van der Waals surface area contributed by atoms with E-state index in [1.807, 2.05) is 0 Å². The van der Waals surface area contributed by atoms with Crippen LogP contribution in [0.25, 0.3) is 0 Å². The summed E-state index contributed by atoms with van der Waals surface area (Å²) in [5, 5.41) is 10.8. The molecule has 8 heteroatoms. The second-order valence-electron chi connectivity index (χ2n) is 5.72. The Morgan fingerprint density at radius 1 is 1.36 bits per heavy atom. The standard InChI is InChI=1S/C14H20N4O3S/c1-9(12(19)18-8-7-15-13(18)20)22-14-17-16-11(21-14)10-5-3-2-4-6-10/h9-10H,2-8H2,1H3,(H,15,20). The van der Waals surface area contributed by atoms with Gasteiger partial charge in [-0.1, -0.05) is 31.0 Å². The van der Waals surface area contributed by atoms with Gasteiger partial charge in [-0.3, -0.25) is 9.69 Å². The van der Waals surface area contributed by atoms with Crippen LogP contribution in [0.5, 0.6) is 0 Å². The predicted octanol–water partition coefficient (Wildman–Crippen LogP) is 2.15. The summed E-state index contributed by atoms with van der Waals surface area (Å²) in [7, 11) is 0. The van der Waals surface area contributed by atoms with E-state index >= 15 is 0 Å². The molecule has 0 spiro atoms. The molecule has 1 aliphatic heterocycles. The van der Waals surface area contributed by atoms with Gasteiger partial charge in [0.15, 0.2) is 0 Å². The third-order valence-electron chi connectivity index (χ3n) is 4.12. The summed E-state index contributed by atoms with van der Waals surface area (Å²) in [6.45, 7) is 2.68. The third kappa shape index (κ3) is 3.26. The van der Waals surface area contributed by atoms with Crippen LogP contribution in [0, 0.1) is 0 Å².